The molecule has 0 heterocycles. The molecule has 0 aromatic heterocycles. The summed E-state index contributed by atoms with van der Waals surface area (Å²) in [5.41, 5.74) is 2.14. The van der Waals surface area contributed by atoms with E-state index in [9.17, 15) is 9.59 Å². The Morgan fingerprint density at radius 1 is 1.46 bits per heavy atom. The van der Waals surface area contributed by atoms with E-state index in [-0.39, 0.29) is 5.78 Å². The highest BCUT2D eigenvalue weighted by molar-refractivity contribution is 6.00. The summed E-state index contributed by atoms with van der Waals surface area (Å²) in [5, 5.41) is 0. The minimum absolute atomic E-state index is 0.0565. The zero-order valence-electron chi connectivity index (χ0n) is 7.19. The van der Waals surface area contributed by atoms with Gasteiger partial charge in [0.1, 0.15) is 6.29 Å². The quantitative estimate of drug-likeness (QED) is 0.481. The van der Waals surface area contributed by atoms with E-state index in [1.165, 1.54) is 12.2 Å². The molecule has 1 aliphatic carbocycles. The zero-order chi connectivity index (χ0) is 9.73. The molecule has 0 aromatic carbocycles. The van der Waals surface area contributed by atoms with Gasteiger partial charge in [0.05, 0.1) is 0 Å². The maximum Gasteiger partial charge on any atom is 0.178 e. The Kier molecular flexibility index (Phi) is 2.78. The minimum atomic E-state index is -0.489. The molecule has 0 saturated heterocycles. The van der Waals surface area contributed by atoms with Crippen molar-refractivity contribution >= 4 is 12.1 Å². The van der Waals surface area contributed by atoms with Crippen molar-refractivity contribution in [2.24, 2.45) is 5.41 Å². The molecule has 1 rings (SSSR count). The summed E-state index contributed by atoms with van der Waals surface area (Å²) < 4.78 is 0. The van der Waals surface area contributed by atoms with Gasteiger partial charge in [0, 0.05) is 11.8 Å². The predicted octanol–water partition coefficient (Wildman–Crippen LogP) is 1.60. The third kappa shape index (κ3) is 2.14. The fourth-order valence-electron chi connectivity index (χ4n) is 1.21. The summed E-state index contributed by atoms with van der Waals surface area (Å²) in [5.74, 6) is -0.0565. The maximum absolute atomic E-state index is 10.8. The van der Waals surface area contributed by atoms with Crippen molar-refractivity contribution in [2.75, 3.05) is 0 Å². The average molecular weight is 174 g/mol. The molecule has 0 aromatic rings. The highest BCUT2D eigenvalue weighted by Crippen LogP contribution is 2.28. The van der Waals surface area contributed by atoms with Crippen LogP contribution in [0.2, 0.25) is 0 Å². The largest absolute Gasteiger partial charge is 0.303 e. The van der Waals surface area contributed by atoms with E-state index in [4.69, 9.17) is 0 Å². The molecule has 66 valence electrons. The number of allylic oxidation sites excluding steroid dienone is 5. The van der Waals surface area contributed by atoms with Gasteiger partial charge in [-0.2, -0.15) is 0 Å². The van der Waals surface area contributed by atoms with E-state index < -0.39 is 5.41 Å². The maximum atomic E-state index is 10.8. The van der Waals surface area contributed by atoms with E-state index in [0.717, 1.165) is 6.29 Å². The van der Waals surface area contributed by atoms with Crippen LogP contribution in [0.3, 0.4) is 0 Å². The lowest BCUT2D eigenvalue weighted by molar-refractivity contribution is -0.111. The first-order chi connectivity index (χ1) is 6.22. The van der Waals surface area contributed by atoms with Crippen molar-refractivity contribution in [3.63, 3.8) is 0 Å². The van der Waals surface area contributed by atoms with Gasteiger partial charge >= 0.3 is 0 Å². The van der Waals surface area contributed by atoms with Gasteiger partial charge < -0.3 is 4.79 Å². The fraction of sp³-hybridized carbons (Fsp3) is 0.182. The molecule has 0 atom stereocenters. The third-order valence-corrected chi connectivity index (χ3v) is 1.92. The van der Waals surface area contributed by atoms with Crippen LogP contribution >= 0.6 is 0 Å². The summed E-state index contributed by atoms with van der Waals surface area (Å²) in [7, 11) is 0. The Morgan fingerprint density at radius 2 is 2.08 bits per heavy atom. The number of aldehydes is 1. The van der Waals surface area contributed by atoms with Gasteiger partial charge in [0.15, 0.2) is 5.78 Å². The molecule has 2 nitrogen and oxygen atoms in total. The lowest BCUT2D eigenvalue weighted by Gasteiger charge is -2.21. The van der Waals surface area contributed by atoms with Gasteiger partial charge in [-0.1, -0.05) is 18.7 Å². The zero-order valence-corrected chi connectivity index (χ0v) is 7.19. The molecule has 0 saturated carbocycles. The Balaban J connectivity index is 2.99. The Bertz CT molecular complexity index is 312. The Hall–Kier alpha value is -1.66. The molecule has 0 amide bonds. The van der Waals surface area contributed by atoms with Crippen LogP contribution in [0.5, 0.6) is 0 Å². The first-order valence-electron chi connectivity index (χ1n) is 3.95. The molecule has 0 spiro atoms. The minimum Gasteiger partial charge on any atom is -0.303 e. The molecular formula is C11H10O2. The topological polar surface area (TPSA) is 34.1 Å². The predicted molar refractivity (Wildman–Crippen MR) is 50.1 cm³/mol. The van der Waals surface area contributed by atoms with Gasteiger partial charge in [-0.25, -0.2) is 0 Å². The highest BCUT2D eigenvalue weighted by atomic mass is 16.1. The molecule has 0 unspecified atom stereocenters. The summed E-state index contributed by atoms with van der Waals surface area (Å²) >= 11 is 0. The summed E-state index contributed by atoms with van der Waals surface area (Å²) in [6.45, 7) is 3.45. The van der Waals surface area contributed by atoms with Gasteiger partial charge in [0.25, 0.3) is 0 Å². The second kappa shape index (κ2) is 3.83. The molecule has 0 bridgehead atoms. The smallest absolute Gasteiger partial charge is 0.178 e. The Labute approximate surface area is 76.9 Å². The van der Waals surface area contributed by atoms with Crippen LogP contribution < -0.4 is 0 Å². The van der Waals surface area contributed by atoms with Crippen LogP contribution in [0.1, 0.15) is 6.42 Å². The first kappa shape index (κ1) is 9.43. The van der Waals surface area contributed by atoms with Crippen LogP contribution in [0.25, 0.3) is 0 Å². The average Bonchev–Trinajstić information content (AvgIpc) is 2.11. The molecule has 1 aliphatic rings. The molecule has 2 heteroatoms. The van der Waals surface area contributed by atoms with Crippen LogP contribution in [0.15, 0.2) is 42.7 Å². The van der Waals surface area contributed by atoms with Crippen LogP contribution in [-0.4, -0.2) is 12.1 Å². The molecule has 13 heavy (non-hydrogen) atoms. The van der Waals surface area contributed by atoms with Crippen molar-refractivity contribution in [1.82, 2.24) is 0 Å². The van der Waals surface area contributed by atoms with Crippen molar-refractivity contribution in [2.45, 2.75) is 6.42 Å². The second-order valence-corrected chi connectivity index (χ2v) is 2.90. The number of carbonyl (C=O) groups is 2. The molecular weight excluding hydrogens is 164 g/mol. The van der Waals surface area contributed by atoms with Crippen molar-refractivity contribution in [3.8, 4) is 0 Å². The molecule has 0 radical (unpaired) electrons. The standard InChI is InChI=1S/C11H10O2/c1-2-5-11(8-9-12)6-3-10(13)4-7-11/h3-7,9H,1,8H2. The fourth-order valence-corrected chi connectivity index (χ4v) is 1.21. The lowest BCUT2D eigenvalue weighted by atomic mass is 9.81. The number of ketones is 1. The van der Waals surface area contributed by atoms with Gasteiger partial charge in [0.2, 0.25) is 0 Å². The SMILES string of the molecule is C=C=CC1(CC=O)C=CC(=O)C=C1. The van der Waals surface area contributed by atoms with Crippen LogP contribution in [0.4, 0.5) is 0 Å². The molecule has 0 fully saturated rings. The summed E-state index contributed by atoms with van der Waals surface area (Å²) in [6.07, 6.45) is 9.12. The number of hydrogen-bond donors (Lipinski definition) is 0. The molecule has 0 aliphatic heterocycles. The van der Waals surface area contributed by atoms with Gasteiger partial charge in [-0.05, 0) is 18.2 Å². The van der Waals surface area contributed by atoms with E-state index >= 15 is 0 Å². The van der Waals surface area contributed by atoms with Crippen LogP contribution in [0, 0.1) is 5.41 Å². The Morgan fingerprint density at radius 3 is 2.54 bits per heavy atom. The lowest BCUT2D eigenvalue weighted by Crippen LogP contribution is -2.16. The van der Waals surface area contributed by atoms with E-state index in [1.54, 1.807) is 18.2 Å². The van der Waals surface area contributed by atoms with Gasteiger partial charge in [-0.15, -0.1) is 5.73 Å². The van der Waals surface area contributed by atoms with E-state index in [1.807, 2.05) is 0 Å². The van der Waals surface area contributed by atoms with Crippen molar-refractivity contribution in [3.05, 3.63) is 42.7 Å². The number of carbonyl (C=O) groups excluding carboxylic acids is 2. The van der Waals surface area contributed by atoms with Crippen LogP contribution in [-0.2, 0) is 9.59 Å². The normalized spacial score (nSPS) is 18.0. The summed E-state index contributed by atoms with van der Waals surface area (Å²) in [6, 6.07) is 0. The van der Waals surface area contributed by atoms with Crippen molar-refractivity contribution < 1.29 is 9.59 Å². The third-order valence-electron chi connectivity index (χ3n) is 1.92. The first-order valence-corrected chi connectivity index (χ1v) is 3.95. The van der Waals surface area contributed by atoms with Crippen molar-refractivity contribution in [1.29, 1.82) is 0 Å². The monoisotopic (exact) mass is 174 g/mol. The van der Waals surface area contributed by atoms with E-state index in [0.29, 0.717) is 6.42 Å². The second-order valence-electron chi connectivity index (χ2n) is 2.90. The number of hydrogen-bond acceptors (Lipinski definition) is 2. The number of rotatable bonds is 3. The molecule has 0 N–H and O–H groups in total. The van der Waals surface area contributed by atoms with E-state index in [2.05, 4.69) is 12.3 Å². The van der Waals surface area contributed by atoms with Gasteiger partial charge in [-0.3, -0.25) is 4.79 Å². The summed E-state index contributed by atoms with van der Waals surface area (Å²) in [4.78, 5) is 21.3. The highest BCUT2D eigenvalue weighted by Gasteiger charge is 2.22.